The molecule has 0 radical (unpaired) electrons. The van der Waals surface area contributed by atoms with Crippen molar-refractivity contribution in [2.45, 2.75) is 44.6 Å². The number of nitrogens with zero attached hydrogens (tertiary/aromatic N) is 1. The topological polar surface area (TPSA) is 29.5 Å². The van der Waals surface area contributed by atoms with Crippen molar-refractivity contribution in [3.8, 4) is 0 Å². The maximum Gasteiger partial charge on any atom is 0.338 e. The molecule has 3 heteroatoms. The van der Waals surface area contributed by atoms with E-state index >= 15 is 0 Å². The van der Waals surface area contributed by atoms with Gasteiger partial charge in [0.25, 0.3) is 0 Å². The molecule has 0 aliphatic carbocycles. The summed E-state index contributed by atoms with van der Waals surface area (Å²) in [6.07, 6.45) is 7.17. The fourth-order valence-corrected chi connectivity index (χ4v) is 3.75. The summed E-state index contributed by atoms with van der Waals surface area (Å²) < 4.78 is 5.42. The number of piperidine rings is 1. The van der Waals surface area contributed by atoms with Crippen LogP contribution in [0.1, 0.15) is 48.0 Å². The summed E-state index contributed by atoms with van der Waals surface area (Å²) in [4.78, 5) is 14.6. The van der Waals surface area contributed by atoms with Crippen LogP contribution in [0.15, 0.2) is 60.7 Å². The zero-order chi connectivity index (χ0) is 18.0. The molecule has 1 atom stereocenters. The molecule has 0 unspecified atom stereocenters. The lowest BCUT2D eigenvalue weighted by molar-refractivity contribution is 0.0470. The van der Waals surface area contributed by atoms with E-state index in [9.17, 15) is 4.79 Å². The normalized spacial score (nSPS) is 17.8. The molecule has 1 saturated heterocycles. The van der Waals surface area contributed by atoms with E-state index < -0.39 is 0 Å². The van der Waals surface area contributed by atoms with E-state index in [1.807, 2.05) is 18.2 Å². The molecule has 0 saturated carbocycles. The molecule has 3 nitrogen and oxygen atoms in total. The second-order valence-corrected chi connectivity index (χ2v) is 7.07. The van der Waals surface area contributed by atoms with Gasteiger partial charge >= 0.3 is 5.97 Å². The average Bonchev–Trinajstić information content (AvgIpc) is 2.71. The SMILES string of the molecule is O=C(OCCCN1CCCC[C@@H]1CCc1ccccc1)c1ccccc1. The Balaban J connectivity index is 1.40. The Kier molecular flexibility index (Phi) is 7.26. The molecule has 0 aromatic heterocycles. The van der Waals surface area contributed by atoms with E-state index in [0.29, 0.717) is 18.2 Å². The molecule has 0 N–H and O–H groups in total. The van der Waals surface area contributed by atoms with Crippen molar-refractivity contribution in [1.29, 1.82) is 0 Å². The quantitative estimate of drug-likeness (QED) is 0.509. The van der Waals surface area contributed by atoms with E-state index in [-0.39, 0.29) is 5.97 Å². The molecule has 0 bridgehead atoms. The largest absolute Gasteiger partial charge is 0.462 e. The standard InChI is InChI=1S/C23H29NO2/c25-23(21-12-5-2-6-13-21)26-19-9-18-24-17-8-7-14-22(24)16-15-20-10-3-1-4-11-20/h1-6,10-13,22H,7-9,14-19H2/t22-/m1/s1. The van der Waals surface area contributed by atoms with Gasteiger partial charge in [0, 0.05) is 12.6 Å². The summed E-state index contributed by atoms with van der Waals surface area (Å²) in [5.74, 6) is -0.218. The van der Waals surface area contributed by atoms with Crippen molar-refractivity contribution in [2.24, 2.45) is 0 Å². The van der Waals surface area contributed by atoms with Gasteiger partial charge < -0.3 is 9.64 Å². The molecule has 1 aliphatic rings. The number of ether oxygens (including phenoxy) is 1. The third-order valence-electron chi connectivity index (χ3n) is 5.19. The second kappa shape index (κ2) is 10.1. The first-order valence-electron chi connectivity index (χ1n) is 9.83. The maximum atomic E-state index is 12.0. The number of hydrogen-bond acceptors (Lipinski definition) is 3. The van der Waals surface area contributed by atoms with Gasteiger partial charge in [0.1, 0.15) is 0 Å². The molecule has 2 aromatic rings. The Morgan fingerprint density at radius 1 is 1.00 bits per heavy atom. The predicted octanol–water partition coefficient (Wildman–Crippen LogP) is 4.72. The Labute approximate surface area is 157 Å². The van der Waals surface area contributed by atoms with Crippen LogP contribution in [0, 0.1) is 0 Å². The van der Waals surface area contributed by atoms with E-state index in [1.165, 1.54) is 37.8 Å². The second-order valence-electron chi connectivity index (χ2n) is 7.07. The van der Waals surface area contributed by atoms with Crippen LogP contribution in [-0.4, -0.2) is 36.6 Å². The fourth-order valence-electron chi connectivity index (χ4n) is 3.75. The number of esters is 1. The minimum atomic E-state index is -0.218. The van der Waals surface area contributed by atoms with Crippen LogP contribution >= 0.6 is 0 Å². The van der Waals surface area contributed by atoms with Crippen LogP contribution in [0.3, 0.4) is 0 Å². The number of likely N-dealkylation sites (tertiary alicyclic amines) is 1. The monoisotopic (exact) mass is 351 g/mol. The summed E-state index contributed by atoms with van der Waals surface area (Å²) in [7, 11) is 0. The Morgan fingerprint density at radius 2 is 1.73 bits per heavy atom. The summed E-state index contributed by atoms with van der Waals surface area (Å²) in [6, 6.07) is 20.6. The van der Waals surface area contributed by atoms with Gasteiger partial charge in [-0.1, -0.05) is 55.0 Å². The third kappa shape index (κ3) is 5.70. The minimum Gasteiger partial charge on any atom is -0.462 e. The highest BCUT2D eigenvalue weighted by Gasteiger charge is 2.21. The van der Waals surface area contributed by atoms with Crippen molar-refractivity contribution in [1.82, 2.24) is 4.90 Å². The highest BCUT2D eigenvalue weighted by Crippen LogP contribution is 2.21. The average molecular weight is 351 g/mol. The van der Waals surface area contributed by atoms with Gasteiger partial charge in [0.15, 0.2) is 0 Å². The number of rotatable bonds is 8. The van der Waals surface area contributed by atoms with E-state index in [0.717, 1.165) is 19.4 Å². The summed E-state index contributed by atoms with van der Waals surface area (Å²) in [5, 5.41) is 0. The predicted molar refractivity (Wildman–Crippen MR) is 105 cm³/mol. The van der Waals surface area contributed by atoms with Crippen LogP contribution in [0.2, 0.25) is 0 Å². The van der Waals surface area contributed by atoms with E-state index in [4.69, 9.17) is 4.74 Å². The maximum absolute atomic E-state index is 12.0. The van der Waals surface area contributed by atoms with Gasteiger partial charge in [-0.05, 0) is 56.3 Å². The first-order valence-corrected chi connectivity index (χ1v) is 9.83. The van der Waals surface area contributed by atoms with Gasteiger partial charge in [-0.15, -0.1) is 0 Å². The number of hydrogen-bond donors (Lipinski definition) is 0. The Hall–Kier alpha value is -2.13. The summed E-state index contributed by atoms with van der Waals surface area (Å²) >= 11 is 0. The first-order chi connectivity index (χ1) is 12.8. The molecule has 0 amide bonds. The van der Waals surface area contributed by atoms with Gasteiger partial charge in [-0.2, -0.15) is 0 Å². The molecule has 1 heterocycles. The first kappa shape index (κ1) is 18.7. The van der Waals surface area contributed by atoms with Crippen LogP contribution in [0.4, 0.5) is 0 Å². The molecular weight excluding hydrogens is 322 g/mol. The number of carbonyl (C=O) groups is 1. The highest BCUT2D eigenvalue weighted by atomic mass is 16.5. The molecule has 26 heavy (non-hydrogen) atoms. The van der Waals surface area contributed by atoms with Gasteiger partial charge in [0.2, 0.25) is 0 Å². The summed E-state index contributed by atoms with van der Waals surface area (Å²) in [5.41, 5.74) is 2.06. The van der Waals surface area contributed by atoms with Crippen molar-refractivity contribution in [3.05, 3.63) is 71.8 Å². The lowest BCUT2D eigenvalue weighted by atomic mass is 9.95. The lowest BCUT2D eigenvalue weighted by Crippen LogP contribution is -2.40. The third-order valence-corrected chi connectivity index (χ3v) is 5.19. The summed E-state index contributed by atoms with van der Waals surface area (Å²) in [6.45, 7) is 2.68. The molecule has 138 valence electrons. The van der Waals surface area contributed by atoms with Crippen molar-refractivity contribution in [3.63, 3.8) is 0 Å². The highest BCUT2D eigenvalue weighted by molar-refractivity contribution is 5.89. The number of benzene rings is 2. The number of carbonyl (C=O) groups excluding carboxylic acids is 1. The Bertz CT molecular complexity index is 656. The zero-order valence-electron chi connectivity index (χ0n) is 15.5. The van der Waals surface area contributed by atoms with Crippen molar-refractivity contribution >= 4 is 5.97 Å². The van der Waals surface area contributed by atoms with Gasteiger partial charge in [-0.25, -0.2) is 4.79 Å². The van der Waals surface area contributed by atoms with Crippen LogP contribution in [-0.2, 0) is 11.2 Å². The lowest BCUT2D eigenvalue weighted by Gasteiger charge is -2.36. The minimum absolute atomic E-state index is 0.218. The smallest absolute Gasteiger partial charge is 0.338 e. The van der Waals surface area contributed by atoms with Crippen LogP contribution in [0.25, 0.3) is 0 Å². The zero-order valence-corrected chi connectivity index (χ0v) is 15.5. The van der Waals surface area contributed by atoms with Crippen molar-refractivity contribution in [2.75, 3.05) is 19.7 Å². The van der Waals surface area contributed by atoms with Gasteiger partial charge in [-0.3, -0.25) is 0 Å². The van der Waals surface area contributed by atoms with E-state index in [2.05, 4.69) is 35.2 Å². The van der Waals surface area contributed by atoms with E-state index in [1.54, 1.807) is 12.1 Å². The van der Waals surface area contributed by atoms with Crippen LogP contribution in [0.5, 0.6) is 0 Å². The molecule has 0 spiro atoms. The fraction of sp³-hybridized carbons (Fsp3) is 0.435. The molecule has 1 fully saturated rings. The van der Waals surface area contributed by atoms with Crippen LogP contribution < -0.4 is 0 Å². The molecule has 2 aromatic carbocycles. The Morgan fingerprint density at radius 3 is 2.50 bits per heavy atom. The molecule has 1 aliphatic heterocycles. The van der Waals surface area contributed by atoms with Crippen molar-refractivity contribution < 1.29 is 9.53 Å². The molecule has 3 rings (SSSR count). The molecular formula is C23H29NO2. The van der Waals surface area contributed by atoms with Gasteiger partial charge in [0.05, 0.1) is 12.2 Å². The number of aryl methyl sites for hydroxylation is 1.